The number of nitrogens with zero attached hydrogens (tertiary/aromatic N) is 2. The molecule has 27 heavy (non-hydrogen) atoms. The van der Waals surface area contributed by atoms with Gasteiger partial charge in [0.15, 0.2) is 0 Å². The molecule has 0 saturated carbocycles. The number of urea groups is 1. The molecular weight excluding hydrogens is 342 g/mol. The fraction of sp³-hybridized carbons (Fsp3) is 0.333. The summed E-state index contributed by atoms with van der Waals surface area (Å²) in [4.78, 5) is 28.0. The molecule has 0 aliphatic carbocycles. The number of hydrogen-bond acceptors (Lipinski definition) is 4. The first-order chi connectivity index (χ1) is 13.2. The molecule has 1 aliphatic rings. The van der Waals surface area contributed by atoms with Crippen LogP contribution in [0.4, 0.5) is 4.79 Å². The molecule has 0 bridgehead atoms. The molecule has 1 fully saturated rings. The number of piperazine rings is 1. The van der Waals surface area contributed by atoms with Crippen LogP contribution in [0.25, 0.3) is 0 Å². The van der Waals surface area contributed by atoms with Crippen LogP contribution in [0.5, 0.6) is 0 Å². The molecule has 1 aliphatic heterocycles. The van der Waals surface area contributed by atoms with Crippen molar-refractivity contribution in [3.8, 4) is 0 Å². The molecule has 2 amide bonds. The minimum absolute atomic E-state index is 0.0496. The third-order valence-electron chi connectivity index (χ3n) is 4.73. The van der Waals surface area contributed by atoms with Crippen LogP contribution in [0.3, 0.4) is 0 Å². The highest BCUT2D eigenvalue weighted by molar-refractivity contribution is 5.89. The largest absolute Gasteiger partial charge is 0.465 e. The quantitative estimate of drug-likeness (QED) is 0.825. The number of ether oxygens (including phenoxy) is 1. The Morgan fingerprint density at radius 1 is 0.926 bits per heavy atom. The average molecular weight is 367 g/mol. The zero-order valence-corrected chi connectivity index (χ0v) is 15.6. The maximum absolute atomic E-state index is 12.4. The van der Waals surface area contributed by atoms with E-state index in [-0.39, 0.29) is 12.0 Å². The first-order valence-electron chi connectivity index (χ1n) is 9.12. The number of methoxy groups -OCH3 is 1. The van der Waals surface area contributed by atoms with E-state index in [4.69, 9.17) is 0 Å². The topological polar surface area (TPSA) is 61.9 Å². The first kappa shape index (κ1) is 18.9. The minimum atomic E-state index is -0.362. The summed E-state index contributed by atoms with van der Waals surface area (Å²) >= 11 is 0. The molecule has 0 atom stereocenters. The van der Waals surface area contributed by atoms with Gasteiger partial charge in [-0.05, 0) is 23.3 Å². The molecule has 1 heterocycles. The van der Waals surface area contributed by atoms with Crippen molar-refractivity contribution in [2.24, 2.45) is 0 Å². The number of rotatable bonds is 5. The van der Waals surface area contributed by atoms with Gasteiger partial charge in [-0.1, -0.05) is 42.5 Å². The Hall–Kier alpha value is -2.86. The Balaban J connectivity index is 1.42. The zero-order valence-electron chi connectivity index (χ0n) is 15.6. The Morgan fingerprint density at radius 2 is 1.59 bits per heavy atom. The highest BCUT2D eigenvalue weighted by Gasteiger charge is 2.20. The summed E-state index contributed by atoms with van der Waals surface area (Å²) in [6.07, 6.45) is 0. The van der Waals surface area contributed by atoms with Crippen LogP contribution in [0.1, 0.15) is 21.5 Å². The fourth-order valence-electron chi connectivity index (χ4n) is 3.12. The van der Waals surface area contributed by atoms with Crippen LogP contribution >= 0.6 is 0 Å². The van der Waals surface area contributed by atoms with E-state index in [9.17, 15) is 9.59 Å². The van der Waals surface area contributed by atoms with E-state index >= 15 is 0 Å². The SMILES string of the molecule is COC(=O)c1ccc(CNC(=O)N2CCN(Cc3ccccc3)CC2)cc1. The van der Waals surface area contributed by atoms with Gasteiger partial charge in [0.1, 0.15) is 0 Å². The predicted molar refractivity (Wildman–Crippen MR) is 103 cm³/mol. The summed E-state index contributed by atoms with van der Waals surface area (Å²) < 4.78 is 4.68. The fourth-order valence-corrected chi connectivity index (χ4v) is 3.12. The van der Waals surface area contributed by atoms with Crippen molar-refractivity contribution in [1.82, 2.24) is 15.1 Å². The maximum Gasteiger partial charge on any atom is 0.337 e. The van der Waals surface area contributed by atoms with Crippen molar-refractivity contribution < 1.29 is 14.3 Å². The number of esters is 1. The molecule has 2 aromatic carbocycles. The zero-order chi connectivity index (χ0) is 19.1. The third kappa shape index (κ3) is 5.31. The van der Waals surface area contributed by atoms with Crippen molar-refractivity contribution in [3.05, 3.63) is 71.3 Å². The van der Waals surface area contributed by atoms with E-state index in [1.54, 1.807) is 12.1 Å². The standard InChI is InChI=1S/C21H25N3O3/c1-27-20(25)19-9-7-17(8-10-19)15-22-21(26)24-13-11-23(12-14-24)16-18-5-3-2-4-6-18/h2-10H,11-16H2,1H3,(H,22,26). The molecule has 0 unspecified atom stereocenters. The number of nitrogens with one attached hydrogen (secondary N) is 1. The van der Waals surface area contributed by atoms with Gasteiger partial charge in [-0.15, -0.1) is 0 Å². The lowest BCUT2D eigenvalue weighted by molar-refractivity contribution is 0.0600. The van der Waals surface area contributed by atoms with Gasteiger partial charge >= 0.3 is 12.0 Å². The molecular formula is C21H25N3O3. The Morgan fingerprint density at radius 3 is 2.22 bits per heavy atom. The molecule has 142 valence electrons. The second-order valence-corrected chi connectivity index (χ2v) is 6.60. The minimum Gasteiger partial charge on any atom is -0.465 e. The molecule has 1 saturated heterocycles. The Labute approximate surface area is 159 Å². The number of carbonyl (C=O) groups is 2. The number of hydrogen-bond donors (Lipinski definition) is 1. The Bertz CT molecular complexity index is 754. The molecule has 0 spiro atoms. The Kier molecular flexibility index (Phi) is 6.44. The average Bonchev–Trinajstić information content (AvgIpc) is 2.73. The van der Waals surface area contributed by atoms with E-state index in [0.717, 1.165) is 38.3 Å². The number of benzene rings is 2. The van der Waals surface area contributed by atoms with Crippen LogP contribution in [-0.4, -0.2) is 55.1 Å². The molecule has 0 radical (unpaired) electrons. The van der Waals surface area contributed by atoms with Crippen LogP contribution in [0.2, 0.25) is 0 Å². The van der Waals surface area contributed by atoms with Crippen molar-refractivity contribution in [3.63, 3.8) is 0 Å². The molecule has 6 nitrogen and oxygen atoms in total. The van der Waals surface area contributed by atoms with Gasteiger partial charge < -0.3 is 15.0 Å². The summed E-state index contributed by atoms with van der Waals surface area (Å²) in [5.74, 6) is -0.362. The molecule has 0 aromatic heterocycles. The summed E-state index contributed by atoms with van der Waals surface area (Å²) in [7, 11) is 1.36. The summed E-state index contributed by atoms with van der Waals surface area (Å²) in [6, 6.07) is 17.4. The molecule has 3 rings (SSSR count). The third-order valence-corrected chi connectivity index (χ3v) is 4.73. The lowest BCUT2D eigenvalue weighted by atomic mass is 10.1. The normalized spacial score (nSPS) is 14.6. The molecule has 2 aromatic rings. The van der Waals surface area contributed by atoms with Crippen molar-refractivity contribution in [1.29, 1.82) is 0 Å². The number of amides is 2. The predicted octanol–water partition coefficient (Wildman–Crippen LogP) is 2.50. The second kappa shape index (κ2) is 9.19. The summed E-state index contributed by atoms with van der Waals surface area (Å²) in [5, 5.41) is 2.95. The monoisotopic (exact) mass is 367 g/mol. The van der Waals surface area contributed by atoms with E-state index < -0.39 is 0 Å². The summed E-state index contributed by atoms with van der Waals surface area (Å²) in [6.45, 7) is 4.54. The first-order valence-corrected chi connectivity index (χ1v) is 9.12. The van der Waals surface area contributed by atoms with Crippen molar-refractivity contribution >= 4 is 12.0 Å². The number of carbonyl (C=O) groups excluding carboxylic acids is 2. The van der Waals surface area contributed by atoms with Gasteiger partial charge in [0.05, 0.1) is 12.7 Å². The van der Waals surface area contributed by atoms with Crippen molar-refractivity contribution in [2.45, 2.75) is 13.1 Å². The van der Waals surface area contributed by atoms with Gasteiger partial charge in [-0.2, -0.15) is 0 Å². The van der Waals surface area contributed by atoms with E-state index in [1.807, 2.05) is 23.1 Å². The lowest BCUT2D eigenvalue weighted by Crippen LogP contribution is -2.51. The van der Waals surface area contributed by atoms with Gasteiger partial charge in [-0.25, -0.2) is 9.59 Å². The highest BCUT2D eigenvalue weighted by Crippen LogP contribution is 2.09. The van der Waals surface area contributed by atoms with E-state index in [2.05, 4.69) is 39.2 Å². The smallest absolute Gasteiger partial charge is 0.337 e. The lowest BCUT2D eigenvalue weighted by Gasteiger charge is -2.34. The van der Waals surface area contributed by atoms with Gasteiger partial charge in [0, 0.05) is 39.3 Å². The second-order valence-electron chi connectivity index (χ2n) is 6.60. The van der Waals surface area contributed by atoms with E-state index in [1.165, 1.54) is 12.7 Å². The van der Waals surface area contributed by atoms with Crippen LogP contribution in [-0.2, 0) is 17.8 Å². The van der Waals surface area contributed by atoms with E-state index in [0.29, 0.717) is 12.1 Å². The van der Waals surface area contributed by atoms with Crippen molar-refractivity contribution in [2.75, 3.05) is 33.3 Å². The molecule has 1 N–H and O–H groups in total. The highest BCUT2D eigenvalue weighted by atomic mass is 16.5. The van der Waals surface area contributed by atoms with Crippen LogP contribution in [0, 0.1) is 0 Å². The van der Waals surface area contributed by atoms with Crippen LogP contribution in [0.15, 0.2) is 54.6 Å². The maximum atomic E-state index is 12.4. The van der Waals surface area contributed by atoms with Gasteiger partial charge in [0.25, 0.3) is 0 Å². The van der Waals surface area contributed by atoms with Gasteiger partial charge in [0.2, 0.25) is 0 Å². The van der Waals surface area contributed by atoms with Gasteiger partial charge in [-0.3, -0.25) is 4.90 Å². The summed E-state index contributed by atoms with van der Waals surface area (Å²) in [5.41, 5.74) is 2.74. The molecule has 6 heteroatoms. The van der Waals surface area contributed by atoms with Crippen LogP contribution < -0.4 is 5.32 Å².